The first-order valence-electron chi connectivity index (χ1n) is 8.13. The maximum absolute atomic E-state index is 12.4. The van der Waals surface area contributed by atoms with Gasteiger partial charge >= 0.3 is 0 Å². The molecule has 0 radical (unpaired) electrons. The molecular formula is C16H22N4O2S. The predicted molar refractivity (Wildman–Crippen MR) is 91.3 cm³/mol. The average molecular weight is 334 g/mol. The summed E-state index contributed by atoms with van der Waals surface area (Å²) in [5, 5.41) is 4.72. The summed E-state index contributed by atoms with van der Waals surface area (Å²) in [6.07, 6.45) is 6.44. The lowest BCUT2D eigenvalue weighted by molar-refractivity contribution is 0.0946. The minimum Gasteiger partial charge on any atom is -0.351 e. The summed E-state index contributed by atoms with van der Waals surface area (Å²) in [6, 6.07) is 0. The van der Waals surface area contributed by atoms with E-state index in [2.05, 4.69) is 15.2 Å². The molecule has 1 fully saturated rings. The average Bonchev–Trinajstić information content (AvgIpc) is 2.75. The van der Waals surface area contributed by atoms with E-state index in [1.54, 1.807) is 0 Å². The van der Waals surface area contributed by atoms with Gasteiger partial charge in [-0.25, -0.2) is 4.98 Å². The Morgan fingerprint density at radius 1 is 1.30 bits per heavy atom. The molecule has 0 spiro atoms. The molecule has 1 saturated heterocycles. The van der Waals surface area contributed by atoms with Gasteiger partial charge in [0.15, 0.2) is 4.96 Å². The van der Waals surface area contributed by atoms with E-state index in [0.29, 0.717) is 11.5 Å². The number of thiazole rings is 1. The molecule has 7 heteroatoms. The minimum atomic E-state index is -0.336. The number of rotatable bonds is 4. The van der Waals surface area contributed by atoms with Crippen LogP contribution < -0.4 is 10.9 Å². The summed E-state index contributed by atoms with van der Waals surface area (Å²) < 4.78 is 1.49. The molecular weight excluding hydrogens is 312 g/mol. The first-order valence-corrected chi connectivity index (χ1v) is 9.01. The van der Waals surface area contributed by atoms with Crippen molar-refractivity contribution >= 4 is 22.2 Å². The minimum absolute atomic E-state index is 0.111. The van der Waals surface area contributed by atoms with Gasteiger partial charge in [-0.05, 0) is 32.9 Å². The Kier molecular flexibility index (Phi) is 5.07. The molecule has 2 aromatic rings. The van der Waals surface area contributed by atoms with Gasteiger partial charge in [0.05, 0.1) is 0 Å². The van der Waals surface area contributed by atoms with Gasteiger partial charge in [-0.1, -0.05) is 12.8 Å². The lowest BCUT2D eigenvalue weighted by Gasteiger charge is -2.19. The van der Waals surface area contributed by atoms with Crippen molar-refractivity contribution < 1.29 is 4.79 Å². The summed E-state index contributed by atoms with van der Waals surface area (Å²) in [7, 11) is 0. The molecule has 1 amide bonds. The summed E-state index contributed by atoms with van der Waals surface area (Å²) in [4.78, 5) is 31.9. The third-order valence-electron chi connectivity index (χ3n) is 4.27. The Labute approximate surface area is 139 Å². The molecule has 3 rings (SSSR count). The highest BCUT2D eigenvalue weighted by Gasteiger charge is 2.15. The van der Waals surface area contributed by atoms with Crippen LogP contribution in [0.2, 0.25) is 0 Å². The van der Waals surface area contributed by atoms with Crippen LogP contribution in [0.15, 0.2) is 16.4 Å². The number of likely N-dealkylation sites (tertiary alicyclic amines) is 1. The van der Waals surface area contributed by atoms with E-state index >= 15 is 0 Å². The van der Waals surface area contributed by atoms with Gasteiger partial charge in [0.1, 0.15) is 5.56 Å². The van der Waals surface area contributed by atoms with Gasteiger partial charge in [-0.2, -0.15) is 0 Å². The number of nitrogens with one attached hydrogen (secondary N) is 1. The maximum atomic E-state index is 12.4. The van der Waals surface area contributed by atoms with Crippen LogP contribution in [0.5, 0.6) is 0 Å². The summed E-state index contributed by atoms with van der Waals surface area (Å²) in [5.41, 5.74) is 0.627. The fourth-order valence-corrected chi connectivity index (χ4v) is 3.79. The maximum Gasteiger partial charge on any atom is 0.271 e. The van der Waals surface area contributed by atoms with Crippen LogP contribution in [0.4, 0.5) is 0 Å². The number of fused-ring (bicyclic) bond motifs is 1. The van der Waals surface area contributed by atoms with Crippen LogP contribution in [0.25, 0.3) is 4.96 Å². The highest BCUT2D eigenvalue weighted by molar-refractivity contribution is 7.15. The number of carbonyl (C=O) groups excluding carboxylic acids is 1. The lowest BCUT2D eigenvalue weighted by Crippen LogP contribution is -2.37. The Balaban J connectivity index is 1.63. The van der Waals surface area contributed by atoms with Gasteiger partial charge in [0, 0.05) is 30.4 Å². The molecule has 0 saturated carbocycles. The molecule has 0 unspecified atom stereocenters. The van der Waals surface area contributed by atoms with Crippen molar-refractivity contribution in [2.24, 2.45) is 0 Å². The Bertz CT molecular complexity index is 744. The van der Waals surface area contributed by atoms with E-state index in [-0.39, 0.29) is 17.0 Å². The SMILES string of the molecule is Cc1csc2ncc(C(=O)NCCN3CCCCCC3)c(=O)n12. The molecule has 0 aromatic carbocycles. The standard InChI is InChI=1S/C16H22N4O2S/c1-12-11-23-16-18-10-13(15(22)20(12)16)14(21)17-6-9-19-7-4-2-3-5-8-19/h10-11H,2-9H2,1H3,(H,17,21). The molecule has 6 nitrogen and oxygen atoms in total. The van der Waals surface area contributed by atoms with E-state index in [1.807, 2.05) is 12.3 Å². The van der Waals surface area contributed by atoms with E-state index < -0.39 is 0 Å². The summed E-state index contributed by atoms with van der Waals surface area (Å²) in [6.45, 7) is 5.43. The third kappa shape index (κ3) is 3.61. The fourth-order valence-electron chi connectivity index (χ4n) is 2.96. The summed E-state index contributed by atoms with van der Waals surface area (Å²) >= 11 is 1.40. The Morgan fingerprint density at radius 2 is 2.04 bits per heavy atom. The second-order valence-electron chi connectivity index (χ2n) is 5.98. The second kappa shape index (κ2) is 7.23. The number of aryl methyl sites for hydroxylation is 1. The number of amides is 1. The smallest absolute Gasteiger partial charge is 0.271 e. The van der Waals surface area contributed by atoms with Gasteiger partial charge in [0.2, 0.25) is 0 Å². The third-order valence-corrected chi connectivity index (χ3v) is 5.23. The van der Waals surface area contributed by atoms with Gasteiger partial charge in [0.25, 0.3) is 11.5 Å². The van der Waals surface area contributed by atoms with Crippen LogP contribution in [0, 0.1) is 6.92 Å². The molecule has 3 heterocycles. The largest absolute Gasteiger partial charge is 0.351 e. The quantitative estimate of drug-likeness (QED) is 0.924. The van der Waals surface area contributed by atoms with Crippen molar-refractivity contribution in [3.05, 3.63) is 33.2 Å². The molecule has 1 N–H and O–H groups in total. The van der Waals surface area contributed by atoms with E-state index in [0.717, 1.165) is 25.3 Å². The van der Waals surface area contributed by atoms with Crippen molar-refractivity contribution in [3.8, 4) is 0 Å². The topological polar surface area (TPSA) is 66.7 Å². The van der Waals surface area contributed by atoms with Gasteiger partial charge in [-0.15, -0.1) is 11.3 Å². The van der Waals surface area contributed by atoms with Crippen LogP contribution in [0.3, 0.4) is 0 Å². The molecule has 0 bridgehead atoms. The second-order valence-corrected chi connectivity index (χ2v) is 6.82. The molecule has 1 aliphatic heterocycles. The van der Waals surface area contributed by atoms with Crippen molar-refractivity contribution in [1.29, 1.82) is 0 Å². The van der Waals surface area contributed by atoms with E-state index in [4.69, 9.17) is 0 Å². The number of nitrogens with zero attached hydrogens (tertiary/aromatic N) is 3. The number of hydrogen-bond acceptors (Lipinski definition) is 5. The van der Waals surface area contributed by atoms with Crippen LogP contribution in [-0.4, -0.2) is 46.4 Å². The molecule has 0 aliphatic carbocycles. The Morgan fingerprint density at radius 3 is 2.78 bits per heavy atom. The molecule has 1 aliphatic rings. The van der Waals surface area contributed by atoms with Crippen LogP contribution >= 0.6 is 11.3 Å². The van der Waals surface area contributed by atoms with Crippen molar-refractivity contribution in [2.75, 3.05) is 26.2 Å². The van der Waals surface area contributed by atoms with Crippen LogP contribution in [-0.2, 0) is 0 Å². The van der Waals surface area contributed by atoms with E-state index in [9.17, 15) is 9.59 Å². The highest BCUT2D eigenvalue weighted by Crippen LogP contribution is 2.11. The summed E-state index contributed by atoms with van der Waals surface area (Å²) in [5.74, 6) is -0.336. The zero-order valence-corrected chi connectivity index (χ0v) is 14.2. The lowest BCUT2D eigenvalue weighted by atomic mass is 10.2. The van der Waals surface area contributed by atoms with Gasteiger partial charge in [-0.3, -0.25) is 14.0 Å². The van der Waals surface area contributed by atoms with Crippen molar-refractivity contribution in [3.63, 3.8) is 0 Å². The van der Waals surface area contributed by atoms with E-state index in [1.165, 1.54) is 47.6 Å². The molecule has 124 valence electrons. The normalized spacial score (nSPS) is 16.4. The first-order chi connectivity index (χ1) is 11.2. The molecule has 23 heavy (non-hydrogen) atoms. The highest BCUT2D eigenvalue weighted by atomic mass is 32.1. The fraction of sp³-hybridized carbons (Fsp3) is 0.562. The zero-order valence-electron chi connectivity index (χ0n) is 13.4. The van der Waals surface area contributed by atoms with Gasteiger partial charge < -0.3 is 10.2 Å². The zero-order chi connectivity index (χ0) is 16.2. The number of hydrogen-bond donors (Lipinski definition) is 1. The van der Waals surface area contributed by atoms with Crippen molar-refractivity contribution in [2.45, 2.75) is 32.6 Å². The number of aromatic nitrogens is 2. The monoisotopic (exact) mass is 334 g/mol. The molecule has 2 aromatic heterocycles. The van der Waals surface area contributed by atoms with Crippen LogP contribution in [0.1, 0.15) is 41.7 Å². The van der Waals surface area contributed by atoms with Crippen molar-refractivity contribution in [1.82, 2.24) is 19.6 Å². The first kappa shape index (κ1) is 16.1. The molecule has 0 atom stereocenters. The number of carbonyl (C=O) groups is 1. The predicted octanol–water partition coefficient (Wildman–Crippen LogP) is 1.67. The Hall–Kier alpha value is -1.73.